The zero-order chi connectivity index (χ0) is 11.4. The van der Waals surface area contributed by atoms with Crippen LogP contribution < -0.4 is 0 Å². The molecule has 1 aromatic heterocycles. The fourth-order valence-corrected chi connectivity index (χ4v) is 1.74. The summed E-state index contributed by atoms with van der Waals surface area (Å²) in [4.78, 5) is 14.0. The van der Waals surface area contributed by atoms with Gasteiger partial charge in [-0.2, -0.15) is 5.26 Å². The average Bonchev–Trinajstić information content (AvgIpc) is 2.59. The van der Waals surface area contributed by atoms with Crippen LogP contribution in [0.4, 0.5) is 0 Å². The second-order valence-electron chi connectivity index (χ2n) is 3.37. The van der Waals surface area contributed by atoms with Crippen molar-refractivity contribution in [2.24, 2.45) is 0 Å². The normalized spacial score (nSPS) is 10.1. The predicted octanol–water partition coefficient (Wildman–Crippen LogP) is 1.22. The average molecular weight is 224 g/mol. The predicted molar refractivity (Wildman–Crippen MR) is 56.4 cm³/mol. The van der Waals surface area contributed by atoms with E-state index in [1.807, 2.05) is 19.9 Å². The molecule has 0 aliphatic rings. The molecule has 80 valence electrons. The Bertz CT molecular complexity index is 393. The summed E-state index contributed by atoms with van der Waals surface area (Å²) in [5.74, 6) is -0.168. The summed E-state index contributed by atoms with van der Waals surface area (Å²) in [5.41, 5.74) is 0.619. The van der Waals surface area contributed by atoms with Gasteiger partial charge in [0.15, 0.2) is 0 Å². The van der Waals surface area contributed by atoms with Crippen LogP contribution in [0.3, 0.4) is 0 Å². The van der Waals surface area contributed by atoms with Crippen LogP contribution in [0.1, 0.15) is 29.2 Å². The minimum absolute atomic E-state index is 0.00125. The van der Waals surface area contributed by atoms with Crippen LogP contribution in [-0.4, -0.2) is 33.0 Å². The molecule has 0 aliphatic carbocycles. The summed E-state index contributed by atoms with van der Waals surface area (Å²) < 4.78 is 3.71. The standard InChI is InChI=1S/C9H12N4OS/c1-6(2)13(5-4-10)9(14)8-7(3)11-12-15-8/h6H,5H2,1-3H3. The van der Waals surface area contributed by atoms with Crippen LogP contribution in [0.2, 0.25) is 0 Å². The van der Waals surface area contributed by atoms with Crippen LogP contribution in [0.15, 0.2) is 0 Å². The molecule has 0 spiro atoms. The topological polar surface area (TPSA) is 69.9 Å². The summed E-state index contributed by atoms with van der Waals surface area (Å²) in [6, 6.07) is 1.98. The highest BCUT2D eigenvalue weighted by molar-refractivity contribution is 7.07. The number of aryl methyl sites for hydroxylation is 1. The van der Waals surface area contributed by atoms with Crippen molar-refractivity contribution < 1.29 is 4.79 Å². The van der Waals surface area contributed by atoms with Gasteiger partial charge in [0.05, 0.1) is 11.8 Å². The van der Waals surface area contributed by atoms with Crippen molar-refractivity contribution in [1.82, 2.24) is 14.5 Å². The number of aromatic nitrogens is 2. The SMILES string of the molecule is Cc1nnsc1C(=O)N(CC#N)C(C)C. The van der Waals surface area contributed by atoms with E-state index < -0.39 is 0 Å². The summed E-state index contributed by atoms with van der Waals surface area (Å²) in [6.45, 7) is 5.58. The molecule has 0 saturated carbocycles. The first-order chi connectivity index (χ1) is 7.07. The highest BCUT2D eigenvalue weighted by atomic mass is 32.1. The third-order valence-corrected chi connectivity index (χ3v) is 2.79. The molecule has 1 heterocycles. The van der Waals surface area contributed by atoms with Gasteiger partial charge in [-0.15, -0.1) is 5.10 Å². The van der Waals surface area contributed by atoms with E-state index in [4.69, 9.17) is 5.26 Å². The fraction of sp³-hybridized carbons (Fsp3) is 0.556. The molecule has 1 amide bonds. The largest absolute Gasteiger partial charge is 0.322 e. The van der Waals surface area contributed by atoms with Gasteiger partial charge in [0, 0.05) is 6.04 Å². The number of carbonyl (C=O) groups is 1. The quantitative estimate of drug-likeness (QED) is 0.724. The number of amides is 1. The van der Waals surface area contributed by atoms with Gasteiger partial charge in [-0.1, -0.05) is 4.49 Å². The Hall–Kier alpha value is -1.48. The van der Waals surface area contributed by atoms with Crippen molar-refractivity contribution >= 4 is 17.4 Å². The van der Waals surface area contributed by atoms with E-state index in [-0.39, 0.29) is 18.5 Å². The monoisotopic (exact) mass is 224 g/mol. The maximum Gasteiger partial charge on any atom is 0.268 e. The lowest BCUT2D eigenvalue weighted by Crippen LogP contribution is -2.37. The van der Waals surface area contributed by atoms with Crippen LogP contribution in [0.25, 0.3) is 0 Å². The highest BCUT2D eigenvalue weighted by Crippen LogP contribution is 2.14. The fourth-order valence-electron chi connectivity index (χ4n) is 1.12. The van der Waals surface area contributed by atoms with Gasteiger partial charge >= 0.3 is 0 Å². The molecule has 1 rings (SSSR count). The lowest BCUT2D eigenvalue weighted by atomic mass is 10.2. The van der Waals surface area contributed by atoms with E-state index in [9.17, 15) is 4.79 Å². The van der Waals surface area contributed by atoms with Gasteiger partial charge in [0.2, 0.25) is 0 Å². The third-order valence-electron chi connectivity index (χ3n) is 1.97. The van der Waals surface area contributed by atoms with Gasteiger partial charge in [0.1, 0.15) is 11.4 Å². The van der Waals surface area contributed by atoms with Crippen molar-refractivity contribution in [3.63, 3.8) is 0 Å². The first-order valence-corrected chi connectivity index (χ1v) is 5.32. The molecule has 0 aromatic carbocycles. The first-order valence-electron chi connectivity index (χ1n) is 4.54. The van der Waals surface area contributed by atoms with Crippen molar-refractivity contribution in [1.29, 1.82) is 5.26 Å². The second kappa shape index (κ2) is 4.84. The summed E-state index contributed by atoms with van der Waals surface area (Å²) in [5, 5.41) is 12.4. The highest BCUT2D eigenvalue weighted by Gasteiger charge is 2.22. The van der Waals surface area contributed by atoms with E-state index in [2.05, 4.69) is 9.59 Å². The summed E-state index contributed by atoms with van der Waals surface area (Å²) >= 11 is 1.07. The molecule has 5 nitrogen and oxygen atoms in total. The van der Waals surface area contributed by atoms with Crippen LogP contribution >= 0.6 is 11.5 Å². The number of hydrogen-bond donors (Lipinski definition) is 0. The zero-order valence-corrected chi connectivity index (χ0v) is 9.71. The van der Waals surface area contributed by atoms with Crippen molar-refractivity contribution in [3.8, 4) is 6.07 Å². The molecule has 0 bridgehead atoms. The Labute approximate surface area is 92.5 Å². The Balaban J connectivity index is 2.92. The van der Waals surface area contributed by atoms with E-state index in [0.29, 0.717) is 10.6 Å². The number of carbonyl (C=O) groups excluding carboxylic acids is 1. The molecule has 0 atom stereocenters. The Morgan fingerprint density at radius 1 is 1.67 bits per heavy atom. The van der Waals surface area contributed by atoms with Gasteiger partial charge in [-0.05, 0) is 32.3 Å². The lowest BCUT2D eigenvalue weighted by Gasteiger charge is -2.22. The number of nitriles is 1. The van der Waals surface area contributed by atoms with E-state index in [1.54, 1.807) is 6.92 Å². The molecule has 1 aromatic rings. The molecule has 0 fully saturated rings. The molecular formula is C9H12N4OS. The number of hydrogen-bond acceptors (Lipinski definition) is 5. The summed E-state index contributed by atoms with van der Waals surface area (Å²) in [6.07, 6.45) is 0. The number of nitrogens with zero attached hydrogens (tertiary/aromatic N) is 4. The molecule has 0 radical (unpaired) electrons. The third kappa shape index (κ3) is 2.50. The number of rotatable bonds is 3. The molecule has 0 N–H and O–H groups in total. The minimum atomic E-state index is -0.168. The van der Waals surface area contributed by atoms with Gasteiger partial charge in [-0.3, -0.25) is 4.79 Å². The first kappa shape index (κ1) is 11.6. The van der Waals surface area contributed by atoms with Crippen molar-refractivity contribution in [2.45, 2.75) is 26.8 Å². The molecule has 0 aliphatic heterocycles. The van der Waals surface area contributed by atoms with Crippen molar-refractivity contribution in [3.05, 3.63) is 10.6 Å². The van der Waals surface area contributed by atoms with E-state index in [0.717, 1.165) is 11.5 Å². The van der Waals surface area contributed by atoms with Crippen molar-refractivity contribution in [2.75, 3.05) is 6.54 Å². The van der Waals surface area contributed by atoms with Gasteiger partial charge in [-0.25, -0.2) is 0 Å². The maximum absolute atomic E-state index is 12.0. The maximum atomic E-state index is 12.0. The molecule has 0 saturated heterocycles. The summed E-state index contributed by atoms with van der Waals surface area (Å²) in [7, 11) is 0. The Kier molecular flexibility index (Phi) is 3.74. The molecular weight excluding hydrogens is 212 g/mol. The van der Waals surface area contributed by atoms with E-state index >= 15 is 0 Å². The minimum Gasteiger partial charge on any atom is -0.322 e. The van der Waals surface area contributed by atoms with E-state index in [1.165, 1.54) is 4.90 Å². The molecule has 0 unspecified atom stereocenters. The second-order valence-corrected chi connectivity index (χ2v) is 4.13. The Morgan fingerprint density at radius 3 is 2.73 bits per heavy atom. The zero-order valence-electron chi connectivity index (χ0n) is 8.89. The van der Waals surface area contributed by atoms with Crippen LogP contribution in [0.5, 0.6) is 0 Å². The van der Waals surface area contributed by atoms with Gasteiger partial charge in [0.25, 0.3) is 5.91 Å². The Morgan fingerprint density at radius 2 is 2.33 bits per heavy atom. The lowest BCUT2D eigenvalue weighted by molar-refractivity contribution is 0.0735. The van der Waals surface area contributed by atoms with Crippen LogP contribution in [-0.2, 0) is 0 Å². The van der Waals surface area contributed by atoms with Gasteiger partial charge < -0.3 is 4.90 Å². The smallest absolute Gasteiger partial charge is 0.268 e. The molecule has 15 heavy (non-hydrogen) atoms. The van der Waals surface area contributed by atoms with Crippen LogP contribution in [0, 0.1) is 18.3 Å². The molecule has 6 heteroatoms.